The Morgan fingerprint density at radius 2 is 0.735 bits per heavy atom. The van der Waals surface area contributed by atoms with Gasteiger partial charge in [-0.05, 0) is 19.3 Å². The third kappa shape index (κ3) is 21.5. The highest BCUT2D eigenvalue weighted by atomic mass is 16.6. The molecule has 0 amide bonds. The number of esters is 2. The summed E-state index contributed by atoms with van der Waals surface area (Å²) in [4.78, 5) is 25.3. The monoisotopic (exact) mass is 482 g/mol. The molecule has 0 saturated heterocycles. The molecule has 0 spiro atoms. The lowest BCUT2D eigenvalue weighted by molar-refractivity contribution is -0.162. The van der Waals surface area contributed by atoms with Crippen molar-refractivity contribution in [2.75, 3.05) is 13.2 Å². The zero-order chi connectivity index (χ0) is 25.1. The minimum atomic E-state index is -0.746. The van der Waals surface area contributed by atoms with Crippen LogP contribution in [0.25, 0.3) is 0 Å². The number of unbranched alkanes of at least 4 members (excludes halogenated alkanes) is 18. The normalized spacial score (nSPS) is 11.2. The van der Waals surface area contributed by atoms with Crippen molar-refractivity contribution >= 4 is 11.9 Å². The van der Waals surface area contributed by atoms with Gasteiger partial charge in [-0.25, -0.2) is 0 Å². The summed E-state index contributed by atoms with van der Waals surface area (Å²) in [5.41, 5.74) is 0. The fourth-order valence-electron chi connectivity index (χ4n) is 4.30. The highest BCUT2D eigenvalue weighted by Gasteiger charge is 2.29. The van der Waals surface area contributed by atoms with Gasteiger partial charge in [0.05, 0.1) is 13.2 Å². The highest BCUT2D eigenvalue weighted by Crippen LogP contribution is 2.17. The predicted octanol–water partition coefficient (Wildman–Crippen LogP) is 9.33. The first-order valence-corrected chi connectivity index (χ1v) is 15.0. The molecule has 0 saturated carbocycles. The molecule has 0 aromatic carbocycles. The molecule has 0 radical (unpaired) electrons. The van der Waals surface area contributed by atoms with E-state index in [4.69, 9.17) is 9.47 Å². The maximum Gasteiger partial charge on any atom is 0.320 e. The van der Waals surface area contributed by atoms with Crippen molar-refractivity contribution in [3.63, 3.8) is 0 Å². The minimum Gasteiger partial charge on any atom is -0.465 e. The van der Waals surface area contributed by atoms with E-state index in [2.05, 4.69) is 20.8 Å². The van der Waals surface area contributed by atoms with Crippen LogP contribution >= 0.6 is 0 Å². The fourth-order valence-corrected chi connectivity index (χ4v) is 4.30. The minimum absolute atomic E-state index is 0.374. The molecule has 0 aromatic rings. The van der Waals surface area contributed by atoms with Crippen LogP contribution in [0.15, 0.2) is 0 Å². The molecule has 0 unspecified atom stereocenters. The molecule has 0 aliphatic heterocycles. The van der Waals surface area contributed by atoms with E-state index < -0.39 is 5.92 Å². The zero-order valence-electron chi connectivity index (χ0n) is 23.2. The Hall–Kier alpha value is -1.06. The summed E-state index contributed by atoms with van der Waals surface area (Å²) in [5, 5.41) is 0. The van der Waals surface area contributed by atoms with Crippen LogP contribution in [0, 0.1) is 5.92 Å². The second kappa shape index (κ2) is 26.5. The van der Waals surface area contributed by atoms with Gasteiger partial charge >= 0.3 is 11.9 Å². The predicted molar refractivity (Wildman–Crippen MR) is 144 cm³/mol. The molecular formula is C30H58O4. The molecule has 4 heteroatoms. The van der Waals surface area contributed by atoms with Crippen LogP contribution in [0.2, 0.25) is 0 Å². The van der Waals surface area contributed by atoms with Crippen molar-refractivity contribution in [2.24, 2.45) is 5.92 Å². The first kappa shape index (κ1) is 32.9. The molecule has 0 heterocycles. The molecule has 0 aliphatic rings. The van der Waals surface area contributed by atoms with Gasteiger partial charge in [-0.3, -0.25) is 9.59 Å². The molecule has 0 aromatic heterocycles. The van der Waals surface area contributed by atoms with E-state index in [-0.39, 0.29) is 11.9 Å². The SMILES string of the molecule is CCCCCCCCCCCC(C(=O)OCCCCCCCC)C(=O)OCCCCCCCC. The lowest BCUT2D eigenvalue weighted by Crippen LogP contribution is -2.28. The van der Waals surface area contributed by atoms with Crippen molar-refractivity contribution < 1.29 is 19.1 Å². The van der Waals surface area contributed by atoms with Gasteiger partial charge in [0.2, 0.25) is 0 Å². The van der Waals surface area contributed by atoms with E-state index >= 15 is 0 Å². The Morgan fingerprint density at radius 3 is 1.09 bits per heavy atom. The summed E-state index contributed by atoms with van der Waals surface area (Å²) in [6.45, 7) is 7.50. The van der Waals surface area contributed by atoms with Crippen molar-refractivity contribution in [1.29, 1.82) is 0 Å². The number of rotatable bonds is 26. The van der Waals surface area contributed by atoms with E-state index in [1.54, 1.807) is 0 Å². The van der Waals surface area contributed by atoms with Crippen LogP contribution in [0.4, 0.5) is 0 Å². The van der Waals surface area contributed by atoms with E-state index in [0.717, 1.165) is 38.5 Å². The van der Waals surface area contributed by atoms with Gasteiger partial charge < -0.3 is 9.47 Å². The summed E-state index contributed by atoms with van der Waals surface area (Å²) >= 11 is 0. The van der Waals surface area contributed by atoms with Crippen molar-refractivity contribution in [2.45, 2.75) is 162 Å². The average Bonchev–Trinajstić information content (AvgIpc) is 2.84. The summed E-state index contributed by atoms with van der Waals surface area (Å²) in [5.74, 6) is -1.49. The number of hydrogen-bond acceptors (Lipinski definition) is 4. The lowest BCUT2D eigenvalue weighted by Gasteiger charge is -2.15. The van der Waals surface area contributed by atoms with Gasteiger partial charge in [-0.2, -0.15) is 0 Å². The van der Waals surface area contributed by atoms with Gasteiger partial charge in [0, 0.05) is 0 Å². The summed E-state index contributed by atoms with van der Waals surface area (Å²) in [7, 11) is 0. The first-order valence-electron chi connectivity index (χ1n) is 15.0. The Morgan fingerprint density at radius 1 is 0.441 bits per heavy atom. The standard InChI is InChI=1S/C30H58O4/c1-4-7-10-13-16-17-18-19-22-25-28(29(31)33-26-23-20-14-11-8-5-2)30(32)34-27-24-21-15-12-9-6-3/h28H,4-27H2,1-3H3. The first-order chi connectivity index (χ1) is 16.7. The van der Waals surface area contributed by atoms with Crippen LogP contribution in [0.1, 0.15) is 162 Å². The Labute approximate surface area is 212 Å². The fraction of sp³-hybridized carbons (Fsp3) is 0.933. The highest BCUT2D eigenvalue weighted by molar-refractivity contribution is 5.94. The second-order valence-electron chi connectivity index (χ2n) is 10.0. The molecule has 0 fully saturated rings. The van der Waals surface area contributed by atoms with Gasteiger partial charge in [-0.1, -0.05) is 143 Å². The summed E-state index contributed by atoms with van der Waals surface area (Å²) in [6, 6.07) is 0. The van der Waals surface area contributed by atoms with E-state index in [9.17, 15) is 9.59 Å². The van der Waals surface area contributed by atoms with Crippen LogP contribution in [-0.4, -0.2) is 25.2 Å². The Bertz CT molecular complexity index is 419. The molecule has 0 aliphatic carbocycles. The number of ether oxygens (including phenoxy) is 2. The van der Waals surface area contributed by atoms with E-state index in [0.29, 0.717) is 19.6 Å². The Kier molecular flexibility index (Phi) is 25.7. The lowest BCUT2D eigenvalue weighted by atomic mass is 10.00. The third-order valence-electron chi connectivity index (χ3n) is 6.65. The number of hydrogen-bond donors (Lipinski definition) is 0. The van der Waals surface area contributed by atoms with Crippen LogP contribution in [0.3, 0.4) is 0 Å². The van der Waals surface area contributed by atoms with Crippen molar-refractivity contribution in [1.82, 2.24) is 0 Å². The molecule has 34 heavy (non-hydrogen) atoms. The maximum atomic E-state index is 12.7. The van der Waals surface area contributed by atoms with Crippen molar-refractivity contribution in [3.8, 4) is 0 Å². The van der Waals surface area contributed by atoms with Crippen LogP contribution in [-0.2, 0) is 19.1 Å². The topological polar surface area (TPSA) is 52.6 Å². The smallest absolute Gasteiger partial charge is 0.320 e. The molecule has 0 rings (SSSR count). The maximum absolute atomic E-state index is 12.7. The molecule has 202 valence electrons. The molecular weight excluding hydrogens is 424 g/mol. The van der Waals surface area contributed by atoms with Gasteiger partial charge in [-0.15, -0.1) is 0 Å². The third-order valence-corrected chi connectivity index (χ3v) is 6.65. The molecule has 0 atom stereocenters. The number of carbonyl (C=O) groups excluding carboxylic acids is 2. The Balaban J connectivity index is 4.25. The summed E-state index contributed by atoms with van der Waals surface area (Å²) in [6.07, 6.45) is 25.3. The quantitative estimate of drug-likeness (QED) is 0.0700. The van der Waals surface area contributed by atoms with Crippen LogP contribution < -0.4 is 0 Å². The summed E-state index contributed by atoms with van der Waals surface area (Å²) < 4.78 is 11.0. The second-order valence-corrected chi connectivity index (χ2v) is 10.0. The van der Waals surface area contributed by atoms with Gasteiger partial charge in [0.25, 0.3) is 0 Å². The average molecular weight is 483 g/mol. The van der Waals surface area contributed by atoms with Crippen molar-refractivity contribution in [3.05, 3.63) is 0 Å². The molecule has 0 bridgehead atoms. The number of carbonyl (C=O) groups is 2. The van der Waals surface area contributed by atoms with E-state index in [1.165, 1.54) is 96.3 Å². The van der Waals surface area contributed by atoms with Gasteiger partial charge in [0.1, 0.15) is 0 Å². The van der Waals surface area contributed by atoms with E-state index in [1.807, 2.05) is 0 Å². The molecule has 4 nitrogen and oxygen atoms in total. The largest absolute Gasteiger partial charge is 0.465 e. The molecule has 0 N–H and O–H groups in total. The zero-order valence-corrected chi connectivity index (χ0v) is 23.2. The van der Waals surface area contributed by atoms with Gasteiger partial charge in [0.15, 0.2) is 5.92 Å². The van der Waals surface area contributed by atoms with Crippen LogP contribution in [0.5, 0.6) is 0 Å².